The molecule has 1 aromatic rings. The standard InChI is InChI=1S/C22H33NO3/c1-16(2)8-7-9-17-12-14-22(3,15-13-17)21(25)23-19-11-6-5-10-18(19)20(24)26-4/h5-6,10-11,16-17H,7-9,12-15H2,1-4H3,(H,23,25)/t17-,22+. The van der Waals surface area contributed by atoms with Crippen LogP contribution in [0, 0.1) is 17.3 Å². The predicted octanol–water partition coefficient (Wildman–Crippen LogP) is 5.43. The molecule has 1 N–H and O–H groups in total. The van der Waals surface area contributed by atoms with E-state index in [1.54, 1.807) is 18.2 Å². The molecule has 0 unspecified atom stereocenters. The summed E-state index contributed by atoms with van der Waals surface area (Å²) in [6.45, 7) is 6.59. The van der Waals surface area contributed by atoms with Crippen LogP contribution in [0.1, 0.15) is 76.1 Å². The first-order valence-corrected chi connectivity index (χ1v) is 9.84. The van der Waals surface area contributed by atoms with E-state index in [0.717, 1.165) is 37.5 Å². The number of carbonyl (C=O) groups is 2. The fourth-order valence-corrected chi connectivity index (χ4v) is 3.80. The molecule has 1 fully saturated rings. The number of rotatable bonds is 7. The highest BCUT2D eigenvalue weighted by Crippen LogP contribution is 2.41. The van der Waals surface area contributed by atoms with Crippen molar-refractivity contribution in [3.05, 3.63) is 29.8 Å². The zero-order valence-corrected chi connectivity index (χ0v) is 16.6. The van der Waals surface area contributed by atoms with Gasteiger partial charge in [-0.1, -0.05) is 52.2 Å². The first-order chi connectivity index (χ1) is 12.4. The minimum Gasteiger partial charge on any atom is -0.465 e. The van der Waals surface area contributed by atoms with Gasteiger partial charge in [0.1, 0.15) is 0 Å². The highest BCUT2D eigenvalue weighted by Gasteiger charge is 2.37. The number of methoxy groups -OCH3 is 1. The Morgan fingerprint density at radius 2 is 1.88 bits per heavy atom. The Bertz CT molecular complexity index is 616. The number of anilines is 1. The Morgan fingerprint density at radius 3 is 2.50 bits per heavy atom. The SMILES string of the molecule is COC(=O)c1ccccc1NC(=O)[C@]1(C)CC[C@H](CCCC(C)C)CC1. The van der Waals surface area contributed by atoms with Crippen LogP contribution in [0.4, 0.5) is 5.69 Å². The van der Waals surface area contributed by atoms with Crippen molar-refractivity contribution in [2.24, 2.45) is 17.3 Å². The summed E-state index contributed by atoms with van der Waals surface area (Å²) >= 11 is 0. The van der Waals surface area contributed by atoms with Gasteiger partial charge in [-0.2, -0.15) is 0 Å². The second-order valence-corrected chi connectivity index (χ2v) is 8.32. The summed E-state index contributed by atoms with van der Waals surface area (Å²) in [4.78, 5) is 24.8. The largest absolute Gasteiger partial charge is 0.465 e. The number of benzene rings is 1. The smallest absolute Gasteiger partial charge is 0.339 e. The van der Waals surface area contributed by atoms with Gasteiger partial charge >= 0.3 is 5.97 Å². The second kappa shape index (κ2) is 9.20. The molecule has 2 rings (SSSR count). The van der Waals surface area contributed by atoms with Crippen LogP contribution in [-0.4, -0.2) is 19.0 Å². The maximum atomic E-state index is 12.9. The number of hydrogen-bond donors (Lipinski definition) is 1. The van der Waals surface area contributed by atoms with Crippen LogP contribution in [-0.2, 0) is 9.53 Å². The predicted molar refractivity (Wildman–Crippen MR) is 105 cm³/mol. The average Bonchev–Trinajstić information content (AvgIpc) is 2.63. The van der Waals surface area contributed by atoms with Gasteiger partial charge in [0, 0.05) is 5.41 Å². The number of amides is 1. The van der Waals surface area contributed by atoms with E-state index in [0.29, 0.717) is 11.3 Å². The first-order valence-electron chi connectivity index (χ1n) is 9.84. The van der Waals surface area contributed by atoms with Crippen molar-refractivity contribution >= 4 is 17.6 Å². The molecule has 0 radical (unpaired) electrons. The van der Waals surface area contributed by atoms with Crippen LogP contribution < -0.4 is 5.32 Å². The molecule has 0 aliphatic heterocycles. The summed E-state index contributed by atoms with van der Waals surface area (Å²) in [6, 6.07) is 7.02. The molecule has 1 aliphatic rings. The number of para-hydroxylation sites is 1. The van der Waals surface area contributed by atoms with Crippen molar-refractivity contribution in [3.8, 4) is 0 Å². The molecule has 0 bridgehead atoms. The highest BCUT2D eigenvalue weighted by molar-refractivity contribution is 6.02. The van der Waals surface area contributed by atoms with Crippen molar-refractivity contribution < 1.29 is 14.3 Å². The maximum absolute atomic E-state index is 12.9. The van der Waals surface area contributed by atoms with E-state index in [2.05, 4.69) is 19.2 Å². The lowest BCUT2D eigenvalue weighted by Crippen LogP contribution is -2.37. The molecule has 4 nitrogen and oxygen atoms in total. The van der Waals surface area contributed by atoms with E-state index in [9.17, 15) is 9.59 Å². The van der Waals surface area contributed by atoms with Gasteiger partial charge in [0.05, 0.1) is 18.4 Å². The Hall–Kier alpha value is -1.84. The summed E-state index contributed by atoms with van der Waals surface area (Å²) in [5.41, 5.74) is 0.566. The summed E-state index contributed by atoms with van der Waals surface area (Å²) in [5.74, 6) is 1.09. The molecule has 26 heavy (non-hydrogen) atoms. The van der Waals surface area contributed by atoms with Crippen LogP contribution in [0.3, 0.4) is 0 Å². The van der Waals surface area contributed by atoms with E-state index in [4.69, 9.17) is 4.74 Å². The van der Waals surface area contributed by atoms with Gasteiger partial charge in [-0.15, -0.1) is 0 Å². The molecule has 0 saturated heterocycles. The van der Waals surface area contributed by atoms with E-state index in [1.807, 2.05) is 13.0 Å². The van der Waals surface area contributed by atoms with Crippen molar-refractivity contribution in [2.45, 2.75) is 65.7 Å². The molecule has 1 amide bonds. The van der Waals surface area contributed by atoms with Gasteiger partial charge in [-0.25, -0.2) is 4.79 Å². The van der Waals surface area contributed by atoms with Gasteiger partial charge in [-0.05, 0) is 49.7 Å². The molecule has 1 aromatic carbocycles. The lowest BCUT2D eigenvalue weighted by molar-refractivity contribution is -0.126. The molecular weight excluding hydrogens is 326 g/mol. The fraction of sp³-hybridized carbons (Fsp3) is 0.636. The van der Waals surface area contributed by atoms with E-state index in [1.165, 1.54) is 26.4 Å². The molecule has 1 saturated carbocycles. The lowest BCUT2D eigenvalue weighted by Gasteiger charge is -2.36. The zero-order chi connectivity index (χ0) is 19.2. The molecule has 0 spiro atoms. The maximum Gasteiger partial charge on any atom is 0.339 e. The Balaban J connectivity index is 1.93. The van der Waals surface area contributed by atoms with E-state index in [-0.39, 0.29) is 11.3 Å². The normalized spacial score (nSPS) is 22.9. The third-order valence-corrected chi connectivity index (χ3v) is 5.73. The van der Waals surface area contributed by atoms with Crippen LogP contribution in [0.15, 0.2) is 24.3 Å². The Labute approximate surface area is 157 Å². The van der Waals surface area contributed by atoms with Crippen LogP contribution in [0.25, 0.3) is 0 Å². The molecule has 1 aliphatic carbocycles. The molecule has 4 heteroatoms. The molecule has 0 atom stereocenters. The third kappa shape index (κ3) is 5.33. The molecular formula is C22H33NO3. The van der Waals surface area contributed by atoms with Gasteiger partial charge in [0.2, 0.25) is 5.91 Å². The number of hydrogen-bond acceptors (Lipinski definition) is 3. The summed E-state index contributed by atoms with van der Waals surface area (Å²) in [6.07, 6.45) is 7.90. The van der Waals surface area contributed by atoms with Gasteiger partial charge in [-0.3, -0.25) is 4.79 Å². The van der Waals surface area contributed by atoms with Gasteiger partial charge in [0.15, 0.2) is 0 Å². The Morgan fingerprint density at radius 1 is 1.23 bits per heavy atom. The van der Waals surface area contributed by atoms with Crippen molar-refractivity contribution in [3.63, 3.8) is 0 Å². The molecule has 0 aromatic heterocycles. The first kappa shape index (κ1) is 20.5. The topological polar surface area (TPSA) is 55.4 Å². The zero-order valence-electron chi connectivity index (χ0n) is 16.6. The third-order valence-electron chi connectivity index (χ3n) is 5.73. The lowest BCUT2D eigenvalue weighted by atomic mass is 9.70. The Kier molecular flexibility index (Phi) is 7.24. The second-order valence-electron chi connectivity index (χ2n) is 8.32. The van der Waals surface area contributed by atoms with Crippen molar-refractivity contribution in [1.82, 2.24) is 0 Å². The van der Waals surface area contributed by atoms with Crippen LogP contribution in [0.5, 0.6) is 0 Å². The summed E-state index contributed by atoms with van der Waals surface area (Å²) in [5, 5.41) is 2.97. The number of esters is 1. The van der Waals surface area contributed by atoms with Crippen molar-refractivity contribution in [1.29, 1.82) is 0 Å². The fourth-order valence-electron chi connectivity index (χ4n) is 3.80. The quantitative estimate of drug-likeness (QED) is 0.660. The molecule has 0 heterocycles. The average molecular weight is 360 g/mol. The summed E-state index contributed by atoms with van der Waals surface area (Å²) in [7, 11) is 1.35. The highest BCUT2D eigenvalue weighted by atomic mass is 16.5. The van der Waals surface area contributed by atoms with E-state index >= 15 is 0 Å². The van der Waals surface area contributed by atoms with Crippen LogP contribution in [0.2, 0.25) is 0 Å². The minimum absolute atomic E-state index is 0.00878. The van der Waals surface area contributed by atoms with Gasteiger partial charge < -0.3 is 10.1 Å². The number of nitrogens with one attached hydrogen (secondary N) is 1. The van der Waals surface area contributed by atoms with Crippen molar-refractivity contribution in [2.75, 3.05) is 12.4 Å². The summed E-state index contributed by atoms with van der Waals surface area (Å²) < 4.78 is 4.81. The number of ether oxygens (including phenoxy) is 1. The van der Waals surface area contributed by atoms with Gasteiger partial charge in [0.25, 0.3) is 0 Å². The van der Waals surface area contributed by atoms with E-state index < -0.39 is 5.97 Å². The molecule has 144 valence electrons. The number of carbonyl (C=O) groups excluding carboxylic acids is 2. The minimum atomic E-state index is -0.431. The monoisotopic (exact) mass is 359 g/mol. The van der Waals surface area contributed by atoms with Crippen LogP contribution >= 0.6 is 0 Å².